The molecular weight excluding hydrogens is 221 g/mol. The Morgan fingerprint density at radius 3 is 2.94 bits per heavy atom. The maximum absolute atomic E-state index is 13.7. The predicted molar refractivity (Wildman–Crippen MR) is 63.7 cm³/mol. The number of benzene rings is 1. The minimum atomic E-state index is -0.845. The Morgan fingerprint density at radius 1 is 1.59 bits per heavy atom. The van der Waals surface area contributed by atoms with Crippen molar-refractivity contribution in [1.82, 2.24) is 0 Å². The van der Waals surface area contributed by atoms with E-state index < -0.39 is 11.4 Å². The number of carbonyl (C=O) groups is 1. The lowest BCUT2D eigenvalue weighted by Crippen LogP contribution is -2.26. The number of nitrogens with one attached hydrogen (secondary N) is 1. The molecule has 0 amide bonds. The Morgan fingerprint density at radius 2 is 2.29 bits per heavy atom. The van der Waals surface area contributed by atoms with Crippen LogP contribution in [0.1, 0.15) is 31.7 Å². The smallest absolute Gasteiger partial charge is 0.309 e. The minimum Gasteiger partial charge on any atom is -0.481 e. The Labute approximate surface area is 99.7 Å². The third-order valence-electron chi connectivity index (χ3n) is 3.34. The third-order valence-corrected chi connectivity index (χ3v) is 3.34. The van der Waals surface area contributed by atoms with E-state index in [2.05, 4.69) is 5.32 Å². The van der Waals surface area contributed by atoms with Gasteiger partial charge in [-0.1, -0.05) is 6.07 Å². The predicted octanol–water partition coefficient (Wildman–Crippen LogP) is 2.84. The molecule has 0 spiro atoms. The van der Waals surface area contributed by atoms with E-state index in [1.54, 1.807) is 19.9 Å². The van der Waals surface area contributed by atoms with E-state index >= 15 is 0 Å². The van der Waals surface area contributed by atoms with Gasteiger partial charge in [0.25, 0.3) is 0 Å². The summed E-state index contributed by atoms with van der Waals surface area (Å²) in [4.78, 5) is 11.1. The lowest BCUT2D eigenvalue weighted by atomic mass is 9.80. The summed E-state index contributed by atoms with van der Waals surface area (Å²) in [6, 6.07) is 4.91. The number of aliphatic carboxylic acids is 1. The largest absolute Gasteiger partial charge is 0.481 e. The van der Waals surface area contributed by atoms with Crippen molar-refractivity contribution in [3.63, 3.8) is 0 Å². The van der Waals surface area contributed by atoms with E-state index in [0.29, 0.717) is 18.5 Å². The molecule has 1 heterocycles. The first-order valence-electron chi connectivity index (χ1n) is 5.67. The van der Waals surface area contributed by atoms with Crippen LogP contribution in [0.4, 0.5) is 10.1 Å². The maximum atomic E-state index is 13.7. The van der Waals surface area contributed by atoms with E-state index in [-0.39, 0.29) is 11.7 Å². The Kier molecular flexibility index (Phi) is 2.81. The number of carboxylic acid groups (broad SMARTS) is 1. The lowest BCUT2D eigenvalue weighted by molar-refractivity contribution is -0.147. The molecule has 1 aromatic rings. The molecule has 1 atom stereocenters. The molecule has 1 aliphatic heterocycles. The van der Waals surface area contributed by atoms with Crippen molar-refractivity contribution in [2.45, 2.75) is 26.2 Å². The summed E-state index contributed by atoms with van der Waals surface area (Å²) in [5.74, 6) is -1.17. The molecule has 1 aliphatic rings. The van der Waals surface area contributed by atoms with Gasteiger partial charge in [-0.15, -0.1) is 0 Å². The van der Waals surface area contributed by atoms with E-state index in [1.807, 2.05) is 6.07 Å². The number of carboxylic acids is 1. The molecule has 0 saturated heterocycles. The zero-order valence-corrected chi connectivity index (χ0v) is 9.96. The molecular formula is C13H16FNO2. The molecule has 92 valence electrons. The summed E-state index contributed by atoms with van der Waals surface area (Å²) in [6.45, 7) is 3.95. The van der Waals surface area contributed by atoms with Crippen LogP contribution in [0.15, 0.2) is 18.2 Å². The zero-order chi connectivity index (χ0) is 12.6. The molecule has 4 heteroatoms. The van der Waals surface area contributed by atoms with Gasteiger partial charge in [0.2, 0.25) is 0 Å². The fraction of sp³-hybridized carbons (Fsp3) is 0.462. The van der Waals surface area contributed by atoms with Gasteiger partial charge in [0, 0.05) is 23.7 Å². The molecule has 2 rings (SSSR count). The molecule has 0 bridgehead atoms. The minimum absolute atomic E-state index is 0.0719. The maximum Gasteiger partial charge on any atom is 0.309 e. The van der Waals surface area contributed by atoms with Gasteiger partial charge in [-0.25, -0.2) is 4.39 Å². The summed E-state index contributed by atoms with van der Waals surface area (Å²) in [5.41, 5.74) is 0.578. The zero-order valence-electron chi connectivity index (χ0n) is 9.96. The molecule has 0 aromatic heterocycles. The van der Waals surface area contributed by atoms with Crippen LogP contribution in [0.2, 0.25) is 0 Å². The summed E-state index contributed by atoms with van der Waals surface area (Å²) < 4.78 is 13.7. The van der Waals surface area contributed by atoms with Crippen LogP contribution in [0, 0.1) is 11.2 Å². The van der Waals surface area contributed by atoms with Gasteiger partial charge in [-0.05, 0) is 32.4 Å². The highest BCUT2D eigenvalue weighted by molar-refractivity contribution is 5.74. The van der Waals surface area contributed by atoms with E-state index in [0.717, 1.165) is 5.69 Å². The van der Waals surface area contributed by atoms with Gasteiger partial charge in [-0.3, -0.25) is 4.79 Å². The molecule has 0 radical (unpaired) electrons. The first kappa shape index (κ1) is 11.9. The van der Waals surface area contributed by atoms with Gasteiger partial charge in [-0.2, -0.15) is 0 Å². The van der Waals surface area contributed by atoms with Gasteiger partial charge in [0.1, 0.15) is 5.82 Å². The normalized spacial score (nSPS) is 18.6. The van der Waals surface area contributed by atoms with Crippen LogP contribution < -0.4 is 5.32 Å². The second kappa shape index (κ2) is 4.02. The fourth-order valence-corrected chi connectivity index (χ4v) is 2.32. The monoisotopic (exact) mass is 237 g/mol. The van der Waals surface area contributed by atoms with Crippen molar-refractivity contribution >= 4 is 11.7 Å². The van der Waals surface area contributed by atoms with Crippen molar-refractivity contribution in [2.75, 3.05) is 11.9 Å². The van der Waals surface area contributed by atoms with Crippen molar-refractivity contribution in [3.8, 4) is 0 Å². The van der Waals surface area contributed by atoms with Crippen LogP contribution in [0.3, 0.4) is 0 Å². The van der Waals surface area contributed by atoms with Crippen LogP contribution in [-0.2, 0) is 4.79 Å². The van der Waals surface area contributed by atoms with Crippen LogP contribution in [-0.4, -0.2) is 17.6 Å². The van der Waals surface area contributed by atoms with E-state index in [1.165, 1.54) is 6.07 Å². The quantitative estimate of drug-likeness (QED) is 0.849. The second-order valence-electron chi connectivity index (χ2n) is 5.17. The van der Waals surface area contributed by atoms with Crippen LogP contribution >= 0.6 is 0 Å². The average molecular weight is 237 g/mol. The Hall–Kier alpha value is -1.58. The number of anilines is 1. The van der Waals surface area contributed by atoms with Crippen LogP contribution in [0.5, 0.6) is 0 Å². The summed E-state index contributed by atoms with van der Waals surface area (Å²) in [7, 11) is 0. The van der Waals surface area contributed by atoms with Gasteiger partial charge in [0.15, 0.2) is 0 Å². The van der Waals surface area contributed by atoms with E-state index in [4.69, 9.17) is 5.11 Å². The van der Waals surface area contributed by atoms with Gasteiger partial charge in [0.05, 0.1) is 5.41 Å². The molecule has 0 aliphatic carbocycles. The molecule has 17 heavy (non-hydrogen) atoms. The Bertz CT molecular complexity index is 457. The molecule has 0 fully saturated rings. The topological polar surface area (TPSA) is 49.3 Å². The molecule has 2 N–H and O–H groups in total. The standard InChI is InChI=1S/C13H16FNO2/c1-13(2,12(16)17)6-8-7-15-10-5-3-4-9(14)11(8)10/h3-5,8,15H,6-7H2,1-2H3,(H,16,17). The summed E-state index contributed by atoms with van der Waals surface area (Å²) in [6.07, 6.45) is 0.434. The SMILES string of the molecule is CC(C)(CC1CNc2cccc(F)c21)C(=O)O. The van der Waals surface area contributed by atoms with Crippen molar-refractivity contribution in [2.24, 2.45) is 5.41 Å². The number of hydrogen-bond acceptors (Lipinski definition) is 2. The van der Waals surface area contributed by atoms with Gasteiger partial charge >= 0.3 is 5.97 Å². The fourth-order valence-electron chi connectivity index (χ4n) is 2.32. The van der Waals surface area contributed by atoms with Crippen molar-refractivity contribution in [3.05, 3.63) is 29.6 Å². The van der Waals surface area contributed by atoms with Crippen LogP contribution in [0.25, 0.3) is 0 Å². The second-order valence-corrected chi connectivity index (χ2v) is 5.17. The number of rotatable bonds is 3. The average Bonchev–Trinajstić information content (AvgIpc) is 2.62. The molecule has 0 saturated carbocycles. The number of halogens is 1. The highest BCUT2D eigenvalue weighted by atomic mass is 19.1. The van der Waals surface area contributed by atoms with Gasteiger partial charge < -0.3 is 10.4 Å². The molecule has 3 nitrogen and oxygen atoms in total. The third kappa shape index (κ3) is 2.12. The molecule has 1 aromatic carbocycles. The lowest BCUT2D eigenvalue weighted by Gasteiger charge is -2.23. The van der Waals surface area contributed by atoms with Crippen molar-refractivity contribution < 1.29 is 14.3 Å². The highest BCUT2D eigenvalue weighted by Gasteiger charge is 2.35. The van der Waals surface area contributed by atoms with E-state index in [9.17, 15) is 9.18 Å². The first-order chi connectivity index (χ1) is 7.92. The summed E-state index contributed by atoms with van der Waals surface area (Å²) >= 11 is 0. The summed E-state index contributed by atoms with van der Waals surface area (Å²) in [5, 5.41) is 12.2. The molecule has 1 unspecified atom stereocenters. The number of hydrogen-bond donors (Lipinski definition) is 2. The Balaban J connectivity index is 2.26. The highest BCUT2D eigenvalue weighted by Crippen LogP contribution is 2.40. The van der Waals surface area contributed by atoms with Crippen molar-refractivity contribution in [1.29, 1.82) is 0 Å². The number of fused-ring (bicyclic) bond motifs is 1. The first-order valence-corrected chi connectivity index (χ1v) is 5.67.